The van der Waals surface area contributed by atoms with Crippen LogP contribution in [0.3, 0.4) is 0 Å². The third kappa shape index (κ3) is 4.01. The molecule has 2 heterocycles. The first kappa shape index (κ1) is 19.9. The number of aliphatic hydroxyl groups excluding tert-OH is 1. The third-order valence-electron chi connectivity index (χ3n) is 5.23. The van der Waals surface area contributed by atoms with Crippen molar-refractivity contribution < 1.29 is 23.1 Å². The van der Waals surface area contributed by atoms with Crippen LogP contribution in [0.2, 0.25) is 0 Å². The highest BCUT2D eigenvalue weighted by atomic mass is 32.2. The van der Waals surface area contributed by atoms with Gasteiger partial charge < -0.3 is 14.7 Å². The van der Waals surface area contributed by atoms with Gasteiger partial charge in [0.1, 0.15) is 11.4 Å². The minimum absolute atomic E-state index is 0.0337. The van der Waals surface area contributed by atoms with E-state index in [1.807, 2.05) is 6.92 Å². The Balaban J connectivity index is 1.64. The Bertz CT molecular complexity index is 1120. The highest BCUT2D eigenvalue weighted by Crippen LogP contribution is 2.32. The zero-order chi connectivity index (χ0) is 20.6. The van der Waals surface area contributed by atoms with Gasteiger partial charge in [0.2, 0.25) is 0 Å². The molecule has 3 aromatic rings. The van der Waals surface area contributed by atoms with E-state index < -0.39 is 16.3 Å². The van der Waals surface area contributed by atoms with Crippen molar-refractivity contribution in [3.05, 3.63) is 41.8 Å². The van der Waals surface area contributed by atoms with Crippen molar-refractivity contribution in [1.29, 1.82) is 0 Å². The molecule has 9 nitrogen and oxygen atoms in total. The average molecular weight is 420 g/mol. The molecule has 0 bridgehead atoms. The molecule has 29 heavy (non-hydrogen) atoms. The normalized spacial score (nSPS) is 16.9. The van der Waals surface area contributed by atoms with Crippen LogP contribution in [0.15, 0.2) is 39.6 Å². The van der Waals surface area contributed by atoms with Gasteiger partial charge in [0.05, 0.1) is 16.6 Å². The molecule has 0 spiro atoms. The molecule has 0 saturated heterocycles. The molecular weight excluding hydrogens is 396 g/mol. The van der Waals surface area contributed by atoms with Crippen molar-refractivity contribution >= 4 is 26.8 Å². The number of hydrogen-bond donors (Lipinski definition) is 4. The number of aromatic nitrogens is 2. The first-order chi connectivity index (χ1) is 13.9. The lowest BCUT2D eigenvalue weighted by molar-refractivity contribution is -0.0110. The minimum atomic E-state index is -3.87. The fraction of sp³-hybridized carbons (Fsp3) is 0.421. The van der Waals surface area contributed by atoms with Crippen LogP contribution in [0.1, 0.15) is 55.8 Å². The number of sulfonamides is 1. The van der Waals surface area contributed by atoms with Gasteiger partial charge in [-0.25, -0.2) is 13.1 Å². The number of aryl methyl sites for hydroxylation is 1. The van der Waals surface area contributed by atoms with Gasteiger partial charge in [-0.2, -0.15) is 10.6 Å². The van der Waals surface area contributed by atoms with E-state index in [4.69, 9.17) is 9.62 Å². The van der Waals surface area contributed by atoms with Gasteiger partial charge in [-0.15, -0.1) is 0 Å². The predicted octanol–water partition coefficient (Wildman–Crippen LogP) is 3.21. The number of fused-ring (bicyclic) bond motifs is 1. The molecule has 0 radical (unpaired) electrons. The molecule has 156 valence electrons. The van der Waals surface area contributed by atoms with Crippen molar-refractivity contribution in [1.82, 2.24) is 15.3 Å². The number of nitrogens with zero attached hydrogens (tertiary/aromatic N) is 2. The number of furan rings is 1. The van der Waals surface area contributed by atoms with Gasteiger partial charge in [-0.1, -0.05) is 19.3 Å². The second-order valence-corrected chi connectivity index (χ2v) is 9.08. The summed E-state index contributed by atoms with van der Waals surface area (Å²) in [6.07, 6.45) is 4.00. The second kappa shape index (κ2) is 7.79. The molecule has 4 rings (SSSR count). The van der Waals surface area contributed by atoms with Crippen LogP contribution in [-0.4, -0.2) is 28.5 Å². The van der Waals surface area contributed by atoms with Gasteiger partial charge in [0.15, 0.2) is 12.0 Å². The van der Waals surface area contributed by atoms with Crippen LogP contribution in [0.4, 0.5) is 5.82 Å². The largest absolute Gasteiger partial charge is 0.457 e. The summed E-state index contributed by atoms with van der Waals surface area (Å²) >= 11 is 0. The number of rotatable bonds is 6. The number of nitrogens with one attached hydrogen (secondary N) is 2. The Morgan fingerprint density at radius 1 is 1.21 bits per heavy atom. The second-order valence-electron chi connectivity index (χ2n) is 7.39. The van der Waals surface area contributed by atoms with Crippen LogP contribution in [0.5, 0.6) is 0 Å². The number of hydrogen-bond acceptors (Lipinski definition) is 7. The lowest BCUT2D eigenvalue weighted by atomic mass is 9.96. The predicted molar refractivity (Wildman–Crippen MR) is 106 cm³/mol. The van der Waals surface area contributed by atoms with E-state index in [0.717, 1.165) is 31.4 Å². The summed E-state index contributed by atoms with van der Waals surface area (Å²) in [5, 5.41) is 23.6. The SMILES string of the molecule is Cc1cc(NS(=O)(=O)c2ccc3cc(C(O)NO)oc3c2)n(C2CCCCC2)n1. The molecule has 0 amide bonds. The van der Waals surface area contributed by atoms with Crippen LogP contribution in [-0.2, 0) is 10.0 Å². The van der Waals surface area contributed by atoms with Crippen LogP contribution in [0, 0.1) is 6.92 Å². The van der Waals surface area contributed by atoms with E-state index in [-0.39, 0.29) is 22.3 Å². The Kier molecular flexibility index (Phi) is 5.34. The zero-order valence-corrected chi connectivity index (χ0v) is 16.8. The van der Waals surface area contributed by atoms with Crippen molar-refractivity contribution in [2.45, 2.75) is 56.2 Å². The van der Waals surface area contributed by atoms with Crippen molar-refractivity contribution in [2.24, 2.45) is 0 Å². The quantitative estimate of drug-likeness (QED) is 0.356. The van der Waals surface area contributed by atoms with Crippen LogP contribution >= 0.6 is 0 Å². The standard InChI is InChI=1S/C19H24N4O5S/c1-12-9-18(23(20-12)14-5-3-2-4-6-14)22-29(26,27)15-8-7-13-10-17(19(24)21-25)28-16(13)11-15/h7-11,14,19,21-22,24-25H,2-6H2,1H3. The van der Waals surface area contributed by atoms with Gasteiger partial charge in [0, 0.05) is 17.5 Å². The first-order valence-electron chi connectivity index (χ1n) is 9.57. The Morgan fingerprint density at radius 2 is 1.97 bits per heavy atom. The Labute approximate surface area is 168 Å². The summed E-state index contributed by atoms with van der Waals surface area (Å²) in [7, 11) is -3.87. The van der Waals surface area contributed by atoms with E-state index >= 15 is 0 Å². The molecule has 4 N–H and O–H groups in total. The minimum Gasteiger partial charge on any atom is -0.457 e. The lowest BCUT2D eigenvalue weighted by Gasteiger charge is -2.24. The summed E-state index contributed by atoms with van der Waals surface area (Å²) in [6.45, 7) is 1.84. The van der Waals surface area contributed by atoms with Gasteiger partial charge in [-0.05, 0) is 38.0 Å². The van der Waals surface area contributed by atoms with Crippen molar-refractivity contribution in [3.8, 4) is 0 Å². The number of hydroxylamine groups is 1. The average Bonchev–Trinajstić information content (AvgIpc) is 3.30. The third-order valence-corrected chi connectivity index (χ3v) is 6.58. The van der Waals surface area contributed by atoms with Gasteiger partial charge in [0.25, 0.3) is 10.0 Å². The van der Waals surface area contributed by atoms with E-state index in [1.165, 1.54) is 24.6 Å². The number of benzene rings is 1. The first-order valence-corrected chi connectivity index (χ1v) is 11.1. The lowest BCUT2D eigenvalue weighted by Crippen LogP contribution is -2.20. The molecule has 1 aliphatic rings. The molecule has 1 unspecified atom stereocenters. The Morgan fingerprint density at radius 3 is 2.69 bits per heavy atom. The van der Waals surface area contributed by atoms with Crippen molar-refractivity contribution in [3.63, 3.8) is 0 Å². The van der Waals surface area contributed by atoms with Gasteiger partial charge >= 0.3 is 0 Å². The maximum Gasteiger partial charge on any atom is 0.263 e. The number of aliphatic hydroxyl groups is 1. The summed E-state index contributed by atoms with van der Waals surface area (Å²) in [6, 6.07) is 7.90. The number of anilines is 1. The van der Waals surface area contributed by atoms with Crippen molar-refractivity contribution in [2.75, 3.05) is 4.72 Å². The molecule has 0 aliphatic heterocycles. The van der Waals surface area contributed by atoms with E-state index in [9.17, 15) is 13.5 Å². The smallest absolute Gasteiger partial charge is 0.263 e. The van der Waals surface area contributed by atoms with E-state index in [1.54, 1.807) is 22.3 Å². The highest BCUT2D eigenvalue weighted by molar-refractivity contribution is 7.92. The molecule has 10 heteroatoms. The van der Waals surface area contributed by atoms with Gasteiger partial charge in [-0.3, -0.25) is 4.72 Å². The molecule has 1 aliphatic carbocycles. The summed E-state index contributed by atoms with van der Waals surface area (Å²) in [5.41, 5.74) is 2.72. The molecular formula is C19H24N4O5S. The topological polar surface area (TPSA) is 130 Å². The fourth-order valence-corrected chi connectivity index (χ4v) is 4.85. The monoisotopic (exact) mass is 420 g/mol. The maximum absolute atomic E-state index is 13.0. The molecule has 1 fully saturated rings. The molecule has 1 atom stereocenters. The molecule has 2 aromatic heterocycles. The van der Waals surface area contributed by atoms with E-state index in [0.29, 0.717) is 11.2 Å². The maximum atomic E-state index is 13.0. The molecule has 1 saturated carbocycles. The highest BCUT2D eigenvalue weighted by Gasteiger charge is 2.23. The summed E-state index contributed by atoms with van der Waals surface area (Å²) < 4.78 is 35.9. The van der Waals surface area contributed by atoms with E-state index in [2.05, 4.69) is 9.82 Å². The molecule has 1 aromatic carbocycles. The Hall–Kier alpha value is -2.40. The fourth-order valence-electron chi connectivity index (χ4n) is 3.79. The zero-order valence-electron chi connectivity index (χ0n) is 16.0. The summed E-state index contributed by atoms with van der Waals surface area (Å²) in [5.74, 6) is 0.533. The van der Waals surface area contributed by atoms with Crippen LogP contribution < -0.4 is 10.2 Å². The summed E-state index contributed by atoms with van der Waals surface area (Å²) in [4.78, 5) is 0.0337. The van der Waals surface area contributed by atoms with Crippen LogP contribution in [0.25, 0.3) is 11.0 Å².